The molecule has 0 fully saturated rings. The zero-order chi connectivity index (χ0) is 14.4. The summed E-state index contributed by atoms with van der Waals surface area (Å²) in [5.74, 6) is 0.878. The third-order valence-electron chi connectivity index (χ3n) is 2.37. The fraction of sp³-hybridized carbons (Fsp3) is 0.250. The molecule has 2 rings (SSSR count). The first-order chi connectivity index (χ1) is 9.55. The summed E-state index contributed by atoms with van der Waals surface area (Å²) in [5, 5.41) is 5.86. The van der Waals surface area contributed by atoms with Crippen LogP contribution in [0.5, 0.6) is 0 Å². The number of hydrogen-bond acceptors (Lipinski definition) is 5. The van der Waals surface area contributed by atoms with E-state index in [0.29, 0.717) is 24.9 Å². The normalized spacial score (nSPS) is 11.2. The van der Waals surface area contributed by atoms with E-state index in [0.717, 1.165) is 12.3 Å². The van der Waals surface area contributed by atoms with Crippen LogP contribution in [0.25, 0.3) is 0 Å². The van der Waals surface area contributed by atoms with E-state index in [4.69, 9.17) is 0 Å². The highest BCUT2D eigenvalue weighted by Crippen LogP contribution is 2.28. The van der Waals surface area contributed by atoms with Crippen molar-refractivity contribution in [2.45, 2.75) is 6.18 Å². The minimum absolute atomic E-state index is 0.383. The maximum absolute atomic E-state index is 12.3. The van der Waals surface area contributed by atoms with Gasteiger partial charge in [-0.1, -0.05) is 0 Å². The molecule has 0 saturated carbocycles. The lowest BCUT2D eigenvalue weighted by Crippen LogP contribution is -2.15. The van der Waals surface area contributed by atoms with E-state index in [-0.39, 0.29) is 0 Å². The van der Waals surface area contributed by atoms with Gasteiger partial charge in [0.1, 0.15) is 5.82 Å². The van der Waals surface area contributed by atoms with Crippen molar-refractivity contribution in [1.29, 1.82) is 0 Å². The molecule has 2 aromatic heterocycles. The zero-order valence-corrected chi connectivity index (χ0v) is 10.4. The van der Waals surface area contributed by atoms with Crippen molar-refractivity contribution in [1.82, 2.24) is 15.0 Å². The number of pyridine rings is 1. The van der Waals surface area contributed by atoms with Crippen LogP contribution in [0, 0.1) is 0 Å². The Morgan fingerprint density at radius 1 is 0.950 bits per heavy atom. The third-order valence-corrected chi connectivity index (χ3v) is 2.37. The van der Waals surface area contributed by atoms with Crippen LogP contribution in [-0.4, -0.2) is 28.0 Å². The SMILES string of the molecule is FC(F)(F)c1ccc(NCCNc2ncccn2)nc1. The van der Waals surface area contributed by atoms with E-state index in [1.807, 2.05) is 0 Å². The summed E-state index contributed by atoms with van der Waals surface area (Å²) in [6.45, 7) is 1.00. The van der Waals surface area contributed by atoms with Gasteiger partial charge in [0.15, 0.2) is 0 Å². The summed E-state index contributed by atoms with van der Waals surface area (Å²) in [5.41, 5.74) is -0.765. The van der Waals surface area contributed by atoms with E-state index in [9.17, 15) is 13.2 Å². The minimum atomic E-state index is -4.36. The second kappa shape index (κ2) is 6.18. The van der Waals surface area contributed by atoms with Crippen LogP contribution in [0.15, 0.2) is 36.8 Å². The molecule has 0 aliphatic carbocycles. The average Bonchev–Trinajstić information content (AvgIpc) is 2.44. The number of aromatic nitrogens is 3. The molecule has 2 heterocycles. The number of hydrogen-bond donors (Lipinski definition) is 2. The van der Waals surface area contributed by atoms with Gasteiger partial charge in [0.25, 0.3) is 0 Å². The molecule has 0 aliphatic heterocycles. The van der Waals surface area contributed by atoms with Crippen molar-refractivity contribution in [3.05, 3.63) is 42.4 Å². The van der Waals surface area contributed by atoms with Gasteiger partial charge < -0.3 is 10.6 Å². The van der Waals surface area contributed by atoms with Crippen LogP contribution in [-0.2, 0) is 6.18 Å². The molecule has 0 bridgehead atoms. The molecule has 0 spiro atoms. The molecule has 0 saturated heterocycles. The van der Waals surface area contributed by atoms with E-state index < -0.39 is 11.7 Å². The fourth-order valence-corrected chi connectivity index (χ4v) is 1.42. The van der Waals surface area contributed by atoms with Gasteiger partial charge in [-0.25, -0.2) is 15.0 Å². The highest BCUT2D eigenvalue weighted by Gasteiger charge is 2.30. The summed E-state index contributed by atoms with van der Waals surface area (Å²) in [4.78, 5) is 11.6. The van der Waals surface area contributed by atoms with Crippen molar-refractivity contribution in [3.8, 4) is 0 Å². The van der Waals surface area contributed by atoms with Crippen LogP contribution in [0.3, 0.4) is 0 Å². The largest absolute Gasteiger partial charge is 0.417 e. The molecule has 2 N–H and O–H groups in total. The molecule has 0 atom stereocenters. The van der Waals surface area contributed by atoms with Gasteiger partial charge in [0.2, 0.25) is 5.95 Å². The summed E-state index contributed by atoms with van der Waals surface area (Å²) < 4.78 is 37.0. The summed E-state index contributed by atoms with van der Waals surface area (Å²) in [7, 11) is 0. The Hall–Kier alpha value is -2.38. The molecule has 8 heteroatoms. The number of anilines is 2. The first-order valence-electron chi connectivity index (χ1n) is 5.84. The molecule has 106 valence electrons. The van der Waals surface area contributed by atoms with Crippen LogP contribution in [0.1, 0.15) is 5.56 Å². The zero-order valence-electron chi connectivity index (χ0n) is 10.4. The number of nitrogens with one attached hydrogen (secondary N) is 2. The molecule has 0 amide bonds. The van der Waals surface area contributed by atoms with Crippen LogP contribution in [0.4, 0.5) is 24.9 Å². The Morgan fingerprint density at radius 2 is 1.65 bits per heavy atom. The monoisotopic (exact) mass is 283 g/mol. The standard InChI is InChI=1S/C12H12F3N5/c13-12(14,15)9-2-3-10(20-8-9)16-6-7-19-11-17-4-1-5-18-11/h1-5,8H,6-7H2,(H,16,20)(H,17,18,19). The van der Waals surface area contributed by atoms with Crippen molar-refractivity contribution >= 4 is 11.8 Å². The van der Waals surface area contributed by atoms with Crippen molar-refractivity contribution in [3.63, 3.8) is 0 Å². The summed E-state index contributed by atoms with van der Waals surface area (Å²) in [6.07, 6.45) is -0.339. The molecule has 0 radical (unpaired) electrons. The quantitative estimate of drug-likeness (QED) is 0.825. The highest BCUT2D eigenvalue weighted by atomic mass is 19.4. The third kappa shape index (κ3) is 4.08. The van der Waals surface area contributed by atoms with Gasteiger partial charge >= 0.3 is 6.18 Å². The van der Waals surface area contributed by atoms with Gasteiger partial charge in [-0.3, -0.25) is 0 Å². The first-order valence-corrected chi connectivity index (χ1v) is 5.84. The maximum atomic E-state index is 12.3. The Labute approximate surface area is 113 Å². The average molecular weight is 283 g/mol. The van der Waals surface area contributed by atoms with Gasteiger partial charge in [0, 0.05) is 31.7 Å². The van der Waals surface area contributed by atoms with Gasteiger partial charge in [0.05, 0.1) is 5.56 Å². The van der Waals surface area contributed by atoms with Crippen LogP contribution < -0.4 is 10.6 Å². The lowest BCUT2D eigenvalue weighted by atomic mass is 10.3. The van der Waals surface area contributed by atoms with Crippen LogP contribution >= 0.6 is 0 Å². The molecular formula is C12H12F3N5. The number of alkyl halides is 3. The van der Waals surface area contributed by atoms with E-state index in [2.05, 4.69) is 25.6 Å². The fourth-order valence-electron chi connectivity index (χ4n) is 1.42. The Balaban J connectivity index is 1.77. The van der Waals surface area contributed by atoms with E-state index >= 15 is 0 Å². The van der Waals surface area contributed by atoms with E-state index in [1.165, 1.54) is 6.07 Å². The predicted octanol–water partition coefficient (Wildman–Crippen LogP) is 2.41. The van der Waals surface area contributed by atoms with Gasteiger partial charge in [-0.15, -0.1) is 0 Å². The Morgan fingerprint density at radius 3 is 2.25 bits per heavy atom. The molecular weight excluding hydrogens is 271 g/mol. The maximum Gasteiger partial charge on any atom is 0.417 e. The molecule has 0 aliphatic rings. The molecule has 5 nitrogen and oxygen atoms in total. The lowest BCUT2D eigenvalue weighted by molar-refractivity contribution is -0.137. The van der Waals surface area contributed by atoms with Gasteiger partial charge in [-0.2, -0.15) is 13.2 Å². The molecule has 2 aromatic rings. The first kappa shape index (κ1) is 14.0. The Kier molecular flexibility index (Phi) is 4.34. The van der Waals surface area contributed by atoms with Crippen molar-refractivity contribution < 1.29 is 13.2 Å². The summed E-state index contributed by atoms with van der Waals surface area (Å²) in [6, 6.07) is 3.99. The minimum Gasteiger partial charge on any atom is -0.368 e. The predicted molar refractivity (Wildman–Crippen MR) is 68.3 cm³/mol. The Bertz CT molecular complexity index is 527. The lowest BCUT2D eigenvalue weighted by Gasteiger charge is -2.09. The van der Waals surface area contributed by atoms with Gasteiger partial charge in [-0.05, 0) is 18.2 Å². The van der Waals surface area contributed by atoms with Crippen molar-refractivity contribution in [2.75, 3.05) is 23.7 Å². The van der Waals surface area contributed by atoms with E-state index in [1.54, 1.807) is 18.5 Å². The second-order valence-electron chi connectivity index (χ2n) is 3.86. The van der Waals surface area contributed by atoms with Crippen LogP contribution in [0.2, 0.25) is 0 Å². The molecule has 0 unspecified atom stereocenters. The summed E-state index contributed by atoms with van der Waals surface area (Å²) >= 11 is 0. The number of nitrogens with zero attached hydrogens (tertiary/aromatic N) is 3. The topological polar surface area (TPSA) is 62.7 Å². The molecule has 20 heavy (non-hydrogen) atoms. The number of halogens is 3. The second-order valence-corrected chi connectivity index (χ2v) is 3.86. The molecule has 0 aromatic carbocycles. The number of rotatable bonds is 5. The van der Waals surface area contributed by atoms with Crippen molar-refractivity contribution in [2.24, 2.45) is 0 Å². The smallest absolute Gasteiger partial charge is 0.368 e. The highest BCUT2D eigenvalue weighted by molar-refractivity contribution is 5.36.